The third kappa shape index (κ3) is 7.65. The van der Waals surface area contributed by atoms with Crippen LogP contribution in [-0.2, 0) is 14.7 Å². The van der Waals surface area contributed by atoms with Gasteiger partial charge in [0.25, 0.3) is 0 Å². The first-order valence-electron chi connectivity index (χ1n) is 14.3. The number of fused-ring (bicyclic) bond motifs is 1. The normalized spacial score (nSPS) is 16.7. The lowest BCUT2D eigenvalue weighted by Crippen LogP contribution is -2.53. The summed E-state index contributed by atoms with van der Waals surface area (Å²) in [5.41, 5.74) is 4.63. The number of aromatic hydroxyl groups is 1. The van der Waals surface area contributed by atoms with Crippen LogP contribution in [-0.4, -0.2) is 45.3 Å². The molecule has 0 spiro atoms. The van der Waals surface area contributed by atoms with Gasteiger partial charge in [-0.05, 0) is 112 Å². The van der Waals surface area contributed by atoms with E-state index in [1.807, 2.05) is 24.3 Å². The molecule has 1 aliphatic rings. The zero-order chi connectivity index (χ0) is 27.7. The van der Waals surface area contributed by atoms with Gasteiger partial charge < -0.3 is 13.3 Å². The number of rotatable bonds is 10. The van der Waals surface area contributed by atoms with Gasteiger partial charge in [0.15, 0.2) is 16.6 Å². The molecular weight excluding hydrogens is 523 g/mol. The van der Waals surface area contributed by atoms with Crippen LogP contribution in [0.5, 0.6) is 5.75 Å². The number of aromatic nitrogens is 3. The van der Waals surface area contributed by atoms with Crippen molar-refractivity contribution in [3.05, 3.63) is 47.5 Å². The van der Waals surface area contributed by atoms with Gasteiger partial charge in [-0.1, -0.05) is 44.4 Å². The van der Waals surface area contributed by atoms with Crippen molar-refractivity contribution in [3.8, 4) is 11.4 Å². The Balaban J connectivity index is 1.68. The molecular formula is C29H47N3O3Si3. The van der Waals surface area contributed by atoms with Crippen LogP contribution >= 0.6 is 0 Å². The summed E-state index contributed by atoms with van der Waals surface area (Å²) in [5.74, 6) is 1.12. The molecule has 4 rings (SSSR count). The minimum atomic E-state index is -2.39. The molecule has 38 heavy (non-hydrogen) atoms. The highest BCUT2D eigenvalue weighted by Crippen LogP contribution is 2.39. The van der Waals surface area contributed by atoms with Crippen LogP contribution in [0.3, 0.4) is 0 Å². The van der Waals surface area contributed by atoms with Crippen molar-refractivity contribution >= 4 is 36.2 Å². The van der Waals surface area contributed by atoms with Crippen LogP contribution in [0.25, 0.3) is 16.7 Å². The van der Waals surface area contributed by atoms with Crippen molar-refractivity contribution in [2.75, 3.05) is 0 Å². The first kappa shape index (κ1) is 29.2. The van der Waals surface area contributed by atoms with E-state index in [1.165, 1.54) is 37.7 Å². The Morgan fingerprint density at radius 3 is 1.97 bits per heavy atom. The van der Waals surface area contributed by atoms with Gasteiger partial charge in [-0.2, -0.15) is 0 Å². The van der Waals surface area contributed by atoms with E-state index in [2.05, 4.69) is 64.9 Å². The van der Waals surface area contributed by atoms with E-state index in [0.29, 0.717) is 17.5 Å². The van der Waals surface area contributed by atoms with Gasteiger partial charge in [0.1, 0.15) is 22.5 Å². The summed E-state index contributed by atoms with van der Waals surface area (Å²) in [7, 11) is -5.94. The van der Waals surface area contributed by atoms with E-state index < -0.39 is 25.2 Å². The fourth-order valence-corrected chi connectivity index (χ4v) is 19.1. The predicted molar refractivity (Wildman–Crippen MR) is 165 cm³/mol. The van der Waals surface area contributed by atoms with Gasteiger partial charge in [-0.15, -0.1) is 15.0 Å². The summed E-state index contributed by atoms with van der Waals surface area (Å²) in [4.78, 5) is 1.63. The summed E-state index contributed by atoms with van der Waals surface area (Å²) in [6.45, 7) is 18.0. The number of hydrogen-bond acceptors (Lipinski definition) is 5. The van der Waals surface area contributed by atoms with Crippen molar-refractivity contribution in [1.29, 1.82) is 0 Å². The Labute approximate surface area is 232 Å². The number of nitrogens with zero attached hydrogens (tertiary/aromatic N) is 3. The molecule has 6 nitrogen and oxygen atoms in total. The summed E-state index contributed by atoms with van der Waals surface area (Å²) in [5, 5.41) is 21.0. The van der Waals surface area contributed by atoms with Crippen molar-refractivity contribution in [2.24, 2.45) is 5.92 Å². The second kappa shape index (κ2) is 11.4. The van der Waals surface area contributed by atoms with Crippen LogP contribution in [0.15, 0.2) is 36.4 Å². The van der Waals surface area contributed by atoms with Crippen molar-refractivity contribution < 1.29 is 13.3 Å². The maximum Gasteiger partial charge on any atom is 0.314 e. The van der Waals surface area contributed by atoms with Gasteiger partial charge in [-0.25, -0.2) is 0 Å². The predicted octanol–water partition coefficient (Wildman–Crippen LogP) is 8.13. The van der Waals surface area contributed by atoms with Crippen molar-refractivity contribution in [3.63, 3.8) is 0 Å². The molecule has 0 amide bonds. The molecule has 1 N–H and O–H groups in total. The van der Waals surface area contributed by atoms with Crippen LogP contribution in [0.2, 0.25) is 51.9 Å². The molecule has 0 radical (unpaired) electrons. The first-order valence-corrected chi connectivity index (χ1v) is 23.6. The molecule has 1 atom stereocenters. The Morgan fingerprint density at radius 1 is 0.895 bits per heavy atom. The second-order valence-corrected chi connectivity index (χ2v) is 26.2. The highest BCUT2D eigenvalue weighted by atomic mass is 28.5. The average molecular weight is 570 g/mol. The molecule has 0 saturated heterocycles. The van der Waals surface area contributed by atoms with Crippen LogP contribution in [0.1, 0.15) is 56.1 Å². The summed E-state index contributed by atoms with van der Waals surface area (Å²) in [6.07, 6.45) is 7.02. The Morgan fingerprint density at radius 2 is 1.45 bits per heavy atom. The molecule has 2 aromatic carbocycles. The Hall–Kier alpha value is -1.79. The van der Waals surface area contributed by atoms with Crippen LogP contribution < -0.4 is 0 Å². The minimum absolute atomic E-state index is 0.289. The molecule has 1 aromatic heterocycles. The summed E-state index contributed by atoms with van der Waals surface area (Å²) < 4.78 is 13.6. The highest BCUT2D eigenvalue weighted by Gasteiger charge is 2.41. The largest absolute Gasteiger partial charge is 0.505 e. The van der Waals surface area contributed by atoms with Gasteiger partial charge in [-0.3, -0.25) is 0 Å². The van der Waals surface area contributed by atoms with Crippen LogP contribution in [0.4, 0.5) is 0 Å². The molecule has 1 saturated carbocycles. The average Bonchev–Trinajstić information content (AvgIpc) is 3.22. The number of hydrogen-bond donors (Lipinski definition) is 1. The topological polar surface area (TPSA) is 69.4 Å². The monoisotopic (exact) mass is 569 g/mol. The fraction of sp³-hybridized carbons (Fsp3) is 0.586. The highest BCUT2D eigenvalue weighted by molar-refractivity contribution is 6.87. The standard InChI is InChI=1S/C29H47N3O3Si3/c1-22(21-38(8,34-36(2,3)4)35-37(5,6)7)18-25-19-24(23-14-10-9-11-15-23)20-28(29(25)33)32-30-26-16-12-13-17-27(26)31-32/h12-13,16-17,19-20,22-23,33H,9-11,14-15,18,21H2,1-8H3. The molecule has 0 bridgehead atoms. The number of phenols is 1. The molecule has 1 heterocycles. The maximum absolute atomic E-state index is 11.6. The molecule has 1 aliphatic carbocycles. The second-order valence-electron chi connectivity index (χ2n) is 13.4. The van der Waals surface area contributed by atoms with E-state index in [0.717, 1.165) is 29.1 Å². The molecule has 3 aromatic rings. The smallest absolute Gasteiger partial charge is 0.314 e. The molecule has 9 heteroatoms. The van der Waals surface area contributed by atoms with Gasteiger partial charge in [0.2, 0.25) is 0 Å². The lowest BCUT2D eigenvalue weighted by atomic mass is 9.82. The Bertz CT molecular complexity index is 1190. The lowest BCUT2D eigenvalue weighted by molar-refractivity contribution is 0.368. The molecule has 0 aliphatic heterocycles. The molecule has 1 fully saturated rings. The van der Waals surface area contributed by atoms with E-state index in [4.69, 9.17) is 18.4 Å². The maximum atomic E-state index is 11.6. The van der Waals surface area contributed by atoms with Gasteiger partial charge >= 0.3 is 8.56 Å². The minimum Gasteiger partial charge on any atom is -0.505 e. The van der Waals surface area contributed by atoms with E-state index in [1.54, 1.807) is 4.80 Å². The third-order valence-electron chi connectivity index (χ3n) is 7.10. The number of phenolic OH excluding ortho intramolecular Hbond substituents is 1. The number of benzene rings is 2. The third-order valence-corrected chi connectivity index (χ3v) is 16.9. The summed E-state index contributed by atoms with van der Waals surface area (Å²) >= 11 is 0. The van der Waals surface area contributed by atoms with Gasteiger partial charge in [0, 0.05) is 0 Å². The van der Waals surface area contributed by atoms with Gasteiger partial charge in [0.05, 0.1) is 0 Å². The SMILES string of the molecule is CC(Cc1cc(C2CCCCC2)cc(-n2nc3ccccc3n2)c1O)C[Si](C)(O[Si](C)(C)C)O[Si](C)(C)C. The van der Waals surface area contributed by atoms with Crippen LogP contribution in [0, 0.1) is 5.92 Å². The first-order chi connectivity index (χ1) is 17.7. The zero-order valence-electron chi connectivity index (χ0n) is 24.7. The van der Waals surface area contributed by atoms with E-state index in [-0.39, 0.29) is 5.75 Å². The van der Waals surface area contributed by atoms with E-state index >= 15 is 0 Å². The molecule has 208 valence electrons. The molecule has 1 unspecified atom stereocenters. The van der Waals surface area contributed by atoms with Crippen molar-refractivity contribution in [2.45, 2.75) is 103 Å². The quantitative estimate of drug-likeness (QED) is 0.250. The van der Waals surface area contributed by atoms with Crippen molar-refractivity contribution in [1.82, 2.24) is 15.0 Å². The Kier molecular flexibility index (Phi) is 8.73. The fourth-order valence-electron chi connectivity index (χ4n) is 6.13. The van der Waals surface area contributed by atoms with E-state index in [9.17, 15) is 5.11 Å². The lowest BCUT2D eigenvalue weighted by Gasteiger charge is -2.40. The zero-order valence-corrected chi connectivity index (χ0v) is 27.7. The summed E-state index contributed by atoms with van der Waals surface area (Å²) in [6, 6.07) is 13.2.